The summed E-state index contributed by atoms with van der Waals surface area (Å²) in [7, 11) is 0. The van der Waals surface area contributed by atoms with Crippen LogP contribution in [0.5, 0.6) is 11.6 Å². The molecule has 1 aromatic carbocycles. The molecule has 0 N–H and O–H groups in total. The van der Waals surface area contributed by atoms with E-state index < -0.39 is 0 Å². The van der Waals surface area contributed by atoms with Crippen molar-refractivity contribution in [2.75, 3.05) is 0 Å². The molecule has 0 atom stereocenters. The van der Waals surface area contributed by atoms with Crippen LogP contribution >= 0.6 is 27.5 Å². The fraction of sp³-hybridized carbons (Fsp3) is 0.375. The number of hydrogen-bond acceptors (Lipinski definition) is 3. The van der Waals surface area contributed by atoms with Crippen molar-refractivity contribution in [1.82, 2.24) is 9.97 Å². The SMILES string of the molecule is CCc1ccc(Oc2nc(Cl)ncc2Br)c(C(C)(C)C)c1. The molecule has 0 aliphatic carbocycles. The molecule has 0 unspecified atom stereocenters. The molecule has 0 spiro atoms. The third-order valence-electron chi connectivity index (χ3n) is 3.15. The molecule has 1 aromatic heterocycles. The molecule has 3 nitrogen and oxygen atoms in total. The van der Waals surface area contributed by atoms with Gasteiger partial charge in [0.15, 0.2) is 0 Å². The largest absolute Gasteiger partial charge is 0.437 e. The maximum Gasteiger partial charge on any atom is 0.237 e. The molecular weight excluding hydrogens is 352 g/mol. The minimum absolute atomic E-state index is 0.0240. The topological polar surface area (TPSA) is 35.0 Å². The van der Waals surface area contributed by atoms with Gasteiger partial charge in [-0.25, -0.2) is 4.98 Å². The van der Waals surface area contributed by atoms with Gasteiger partial charge < -0.3 is 4.74 Å². The van der Waals surface area contributed by atoms with Crippen LogP contribution < -0.4 is 4.74 Å². The van der Waals surface area contributed by atoms with E-state index in [-0.39, 0.29) is 10.7 Å². The summed E-state index contributed by atoms with van der Waals surface area (Å²) < 4.78 is 6.64. The Kier molecular flexibility index (Phi) is 4.89. The molecule has 0 radical (unpaired) electrons. The first kappa shape index (κ1) is 16.2. The molecule has 2 aromatic rings. The second-order valence-corrected chi connectivity index (χ2v) is 7.02. The van der Waals surface area contributed by atoms with Gasteiger partial charge in [0.05, 0.1) is 4.47 Å². The minimum Gasteiger partial charge on any atom is -0.437 e. The van der Waals surface area contributed by atoms with Crippen molar-refractivity contribution in [3.63, 3.8) is 0 Å². The third-order valence-corrected chi connectivity index (χ3v) is 3.88. The molecule has 0 amide bonds. The summed E-state index contributed by atoms with van der Waals surface area (Å²) >= 11 is 9.22. The van der Waals surface area contributed by atoms with E-state index in [9.17, 15) is 0 Å². The number of halogens is 2. The van der Waals surface area contributed by atoms with E-state index in [1.54, 1.807) is 6.20 Å². The van der Waals surface area contributed by atoms with Gasteiger partial charge in [0, 0.05) is 11.8 Å². The second kappa shape index (κ2) is 6.32. The maximum atomic E-state index is 5.96. The normalized spacial score (nSPS) is 11.5. The molecular formula is C16H18BrClN2O. The van der Waals surface area contributed by atoms with Crippen molar-refractivity contribution in [2.45, 2.75) is 39.5 Å². The molecule has 5 heteroatoms. The first-order valence-corrected chi connectivity index (χ1v) is 7.97. The van der Waals surface area contributed by atoms with Crippen LogP contribution in [0.2, 0.25) is 5.28 Å². The first-order valence-electron chi connectivity index (χ1n) is 6.80. The summed E-state index contributed by atoms with van der Waals surface area (Å²) in [6, 6.07) is 6.25. The molecule has 0 fully saturated rings. The Morgan fingerprint density at radius 3 is 2.62 bits per heavy atom. The van der Waals surface area contributed by atoms with E-state index in [0.717, 1.165) is 17.7 Å². The van der Waals surface area contributed by atoms with Crippen molar-refractivity contribution >= 4 is 27.5 Å². The number of rotatable bonds is 3. The summed E-state index contributed by atoms with van der Waals surface area (Å²) in [4.78, 5) is 8.03. The van der Waals surface area contributed by atoms with Gasteiger partial charge in [0.25, 0.3) is 0 Å². The highest BCUT2D eigenvalue weighted by atomic mass is 79.9. The van der Waals surface area contributed by atoms with Gasteiger partial charge in [-0.05, 0) is 51.0 Å². The summed E-state index contributed by atoms with van der Waals surface area (Å²) in [5.41, 5.74) is 2.40. The lowest BCUT2D eigenvalue weighted by molar-refractivity contribution is 0.435. The maximum absolute atomic E-state index is 5.96. The van der Waals surface area contributed by atoms with E-state index in [1.807, 2.05) is 6.07 Å². The molecule has 0 bridgehead atoms. The van der Waals surface area contributed by atoms with E-state index in [4.69, 9.17) is 16.3 Å². The van der Waals surface area contributed by atoms with Crippen LogP contribution in [0, 0.1) is 0 Å². The van der Waals surface area contributed by atoms with Gasteiger partial charge in [0.2, 0.25) is 11.2 Å². The summed E-state index contributed by atoms with van der Waals surface area (Å²) in [5.74, 6) is 1.21. The van der Waals surface area contributed by atoms with Gasteiger partial charge in [-0.3, -0.25) is 0 Å². The predicted molar refractivity (Wildman–Crippen MR) is 89.3 cm³/mol. The van der Waals surface area contributed by atoms with Crippen molar-refractivity contribution < 1.29 is 4.74 Å². The van der Waals surface area contributed by atoms with Crippen LogP contribution in [0.4, 0.5) is 0 Å². The second-order valence-electron chi connectivity index (χ2n) is 5.83. The van der Waals surface area contributed by atoms with Crippen LogP contribution in [0.25, 0.3) is 0 Å². The Morgan fingerprint density at radius 2 is 2.00 bits per heavy atom. The number of aryl methyl sites for hydroxylation is 1. The van der Waals surface area contributed by atoms with E-state index in [2.05, 4.69) is 65.7 Å². The van der Waals surface area contributed by atoms with Crippen molar-refractivity contribution in [3.8, 4) is 11.6 Å². The van der Waals surface area contributed by atoms with Gasteiger partial charge in [-0.2, -0.15) is 4.98 Å². The van der Waals surface area contributed by atoms with E-state index >= 15 is 0 Å². The Balaban J connectivity index is 2.46. The molecule has 2 rings (SSSR count). The Hall–Kier alpha value is -1.13. The Bertz CT molecular complexity index is 653. The molecule has 0 saturated carbocycles. The number of nitrogens with zero attached hydrogens (tertiary/aromatic N) is 2. The van der Waals surface area contributed by atoms with E-state index in [0.29, 0.717) is 10.4 Å². The van der Waals surface area contributed by atoms with Gasteiger partial charge in [-0.15, -0.1) is 0 Å². The molecule has 0 aliphatic rings. The standard InChI is InChI=1S/C16H18BrClN2O/c1-5-10-6-7-13(11(8-10)16(2,3)4)21-14-12(17)9-19-15(18)20-14/h6-9H,5H2,1-4H3. The third kappa shape index (κ3) is 3.95. The van der Waals surface area contributed by atoms with Crippen molar-refractivity contribution in [1.29, 1.82) is 0 Å². The fourth-order valence-corrected chi connectivity index (χ4v) is 2.38. The zero-order valence-electron chi connectivity index (χ0n) is 12.6. The zero-order valence-corrected chi connectivity index (χ0v) is 14.9. The molecule has 112 valence electrons. The first-order chi connectivity index (χ1) is 9.81. The minimum atomic E-state index is -0.0240. The number of ether oxygens (including phenoxy) is 1. The summed E-state index contributed by atoms with van der Waals surface area (Å²) in [6.07, 6.45) is 2.58. The van der Waals surface area contributed by atoms with Crippen LogP contribution in [0.1, 0.15) is 38.8 Å². The van der Waals surface area contributed by atoms with Crippen LogP contribution in [0.3, 0.4) is 0 Å². The number of aromatic nitrogens is 2. The summed E-state index contributed by atoms with van der Waals surface area (Å²) in [6.45, 7) is 8.63. The van der Waals surface area contributed by atoms with Gasteiger partial charge in [-0.1, -0.05) is 39.8 Å². The quantitative estimate of drug-likeness (QED) is 0.666. The molecule has 1 heterocycles. The fourth-order valence-electron chi connectivity index (χ4n) is 1.98. The highest BCUT2D eigenvalue weighted by molar-refractivity contribution is 9.10. The van der Waals surface area contributed by atoms with Gasteiger partial charge >= 0.3 is 0 Å². The lowest BCUT2D eigenvalue weighted by atomic mass is 9.85. The predicted octanol–water partition coefficient (Wildman–Crippen LogP) is 5.54. The number of hydrogen-bond donors (Lipinski definition) is 0. The highest BCUT2D eigenvalue weighted by Gasteiger charge is 2.21. The van der Waals surface area contributed by atoms with Crippen LogP contribution in [0.15, 0.2) is 28.9 Å². The lowest BCUT2D eigenvalue weighted by Gasteiger charge is -2.23. The lowest BCUT2D eigenvalue weighted by Crippen LogP contribution is -2.13. The summed E-state index contributed by atoms with van der Waals surface area (Å²) in [5, 5.41) is 0.163. The van der Waals surface area contributed by atoms with Crippen LogP contribution in [-0.4, -0.2) is 9.97 Å². The van der Waals surface area contributed by atoms with Gasteiger partial charge in [0.1, 0.15) is 5.75 Å². The molecule has 21 heavy (non-hydrogen) atoms. The van der Waals surface area contributed by atoms with Crippen LogP contribution in [-0.2, 0) is 11.8 Å². The average Bonchev–Trinajstić information content (AvgIpc) is 2.42. The number of benzene rings is 1. The monoisotopic (exact) mass is 368 g/mol. The smallest absolute Gasteiger partial charge is 0.237 e. The van der Waals surface area contributed by atoms with Crippen molar-refractivity contribution in [3.05, 3.63) is 45.3 Å². The zero-order chi connectivity index (χ0) is 15.6. The van der Waals surface area contributed by atoms with E-state index in [1.165, 1.54) is 5.56 Å². The molecule has 0 saturated heterocycles. The highest BCUT2D eigenvalue weighted by Crippen LogP contribution is 2.36. The van der Waals surface area contributed by atoms with Crippen molar-refractivity contribution in [2.24, 2.45) is 0 Å². The molecule has 0 aliphatic heterocycles. The average molecular weight is 370 g/mol. The Morgan fingerprint density at radius 1 is 1.29 bits per heavy atom. The Labute approximate surface area is 138 Å².